The van der Waals surface area contributed by atoms with Crippen molar-refractivity contribution in [3.8, 4) is 5.75 Å². The normalized spacial score (nSPS) is 18.0. The van der Waals surface area contributed by atoms with Crippen molar-refractivity contribution in [3.05, 3.63) is 53.0 Å². The fourth-order valence-electron chi connectivity index (χ4n) is 5.19. The van der Waals surface area contributed by atoms with Crippen molar-refractivity contribution in [3.63, 3.8) is 0 Å². The van der Waals surface area contributed by atoms with Crippen molar-refractivity contribution in [2.24, 2.45) is 5.41 Å². The van der Waals surface area contributed by atoms with Crippen LogP contribution in [0.1, 0.15) is 61.9 Å². The van der Waals surface area contributed by atoms with Crippen molar-refractivity contribution in [1.29, 1.82) is 0 Å². The number of hydrogen-bond acceptors (Lipinski definition) is 5. The molecule has 178 valence electrons. The summed E-state index contributed by atoms with van der Waals surface area (Å²) >= 11 is 0. The Morgan fingerprint density at radius 2 is 2.12 bits per heavy atom. The maximum absolute atomic E-state index is 14.2. The molecule has 0 amide bonds. The first-order chi connectivity index (χ1) is 15.9. The van der Waals surface area contributed by atoms with Gasteiger partial charge in [0.05, 0.1) is 13.5 Å². The lowest BCUT2D eigenvalue weighted by atomic mass is 9.75. The minimum absolute atomic E-state index is 0.0418. The molecule has 33 heavy (non-hydrogen) atoms. The molecule has 1 saturated heterocycles. The van der Waals surface area contributed by atoms with Gasteiger partial charge in [-0.1, -0.05) is 25.5 Å². The molecule has 1 unspecified atom stereocenters. The first-order valence-corrected chi connectivity index (χ1v) is 11.9. The highest BCUT2D eigenvalue weighted by atomic mass is 19.1. The number of aliphatic carboxylic acids is 1. The number of halogens is 1. The second-order valence-electron chi connectivity index (χ2n) is 9.77. The van der Waals surface area contributed by atoms with E-state index in [4.69, 9.17) is 9.72 Å². The summed E-state index contributed by atoms with van der Waals surface area (Å²) in [7, 11) is 1.42. The topological polar surface area (TPSA) is 74.7 Å². The Kier molecular flexibility index (Phi) is 7.17. The lowest BCUT2D eigenvalue weighted by Gasteiger charge is -2.52. The van der Waals surface area contributed by atoms with Gasteiger partial charge in [0, 0.05) is 31.4 Å². The number of likely N-dealkylation sites (tertiary alicyclic amines) is 1. The SMILES string of the molecule is COc1ccc(C(CC(=O)O)N2CC(C)(CCCCc3ccc4c(n3)NCCC4)C2)cc1F. The fourth-order valence-corrected chi connectivity index (χ4v) is 5.19. The molecule has 2 N–H and O–H groups in total. The molecule has 0 radical (unpaired) electrons. The third-order valence-electron chi connectivity index (χ3n) is 6.95. The number of ether oxygens (including phenoxy) is 1. The van der Waals surface area contributed by atoms with Gasteiger partial charge >= 0.3 is 5.97 Å². The highest BCUT2D eigenvalue weighted by Gasteiger charge is 2.42. The summed E-state index contributed by atoms with van der Waals surface area (Å²) in [5.41, 5.74) is 3.31. The van der Waals surface area contributed by atoms with Gasteiger partial charge in [-0.25, -0.2) is 9.37 Å². The average molecular weight is 456 g/mol. The Bertz CT molecular complexity index is 991. The number of carboxylic acid groups (broad SMARTS) is 1. The second kappa shape index (κ2) is 10.1. The maximum Gasteiger partial charge on any atom is 0.305 e. The molecule has 6 nitrogen and oxygen atoms in total. The number of fused-ring (bicyclic) bond motifs is 1. The summed E-state index contributed by atoms with van der Waals surface area (Å²) < 4.78 is 19.2. The van der Waals surface area contributed by atoms with Crippen molar-refractivity contribution in [1.82, 2.24) is 9.88 Å². The highest BCUT2D eigenvalue weighted by molar-refractivity contribution is 5.68. The zero-order valence-electron chi connectivity index (χ0n) is 19.6. The number of pyridine rings is 1. The minimum Gasteiger partial charge on any atom is -0.494 e. The molecule has 0 aliphatic carbocycles. The third-order valence-corrected chi connectivity index (χ3v) is 6.95. The van der Waals surface area contributed by atoms with Crippen molar-refractivity contribution < 1.29 is 19.0 Å². The number of aryl methyl sites for hydroxylation is 2. The molecule has 1 aromatic heterocycles. The molecular weight excluding hydrogens is 421 g/mol. The van der Waals surface area contributed by atoms with E-state index in [-0.39, 0.29) is 23.6 Å². The highest BCUT2D eigenvalue weighted by Crippen LogP contribution is 2.42. The van der Waals surface area contributed by atoms with Gasteiger partial charge in [0.2, 0.25) is 0 Å². The second-order valence-corrected chi connectivity index (χ2v) is 9.77. The van der Waals surface area contributed by atoms with Crippen LogP contribution in [0.4, 0.5) is 10.2 Å². The predicted molar refractivity (Wildman–Crippen MR) is 126 cm³/mol. The van der Waals surface area contributed by atoms with Crippen LogP contribution < -0.4 is 10.1 Å². The zero-order valence-corrected chi connectivity index (χ0v) is 19.6. The van der Waals surface area contributed by atoms with E-state index in [2.05, 4.69) is 29.3 Å². The summed E-state index contributed by atoms with van der Waals surface area (Å²) in [4.78, 5) is 18.4. The number of carbonyl (C=O) groups is 1. The number of rotatable bonds is 10. The van der Waals surface area contributed by atoms with Gasteiger partial charge in [-0.3, -0.25) is 9.69 Å². The molecule has 1 aromatic carbocycles. The number of nitrogens with zero attached hydrogens (tertiary/aromatic N) is 2. The first kappa shape index (κ1) is 23.5. The third kappa shape index (κ3) is 5.64. The van der Waals surface area contributed by atoms with E-state index in [1.54, 1.807) is 12.1 Å². The van der Waals surface area contributed by atoms with Gasteiger partial charge in [-0.05, 0) is 66.8 Å². The van der Waals surface area contributed by atoms with Gasteiger partial charge in [0.15, 0.2) is 11.6 Å². The van der Waals surface area contributed by atoms with E-state index >= 15 is 0 Å². The Balaban J connectivity index is 1.28. The molecule has 0 bridgehead atoms. The van der Waals surface area contributed by atoms with Gasteiger partial charge in [0.25, 0.3) is 0 Å². The van der Waals surface area contributed by atoms with Gasteiger partial charge < -0.3 is 15.2 Å². The quantitative estimate of drug-likeness (QED) is 0.500. The van der Waals surface area contributed by atoms with Crippen LogP contribution in [-0.4, -0.2) is 47.7 Å². The molecule has 2 aromatic rings. The molecule has 0 saturated carbocycles. The summed E-state index contributed by atoms with van der Waals surface area (Å²) in [6.45, 7) is 4.90. The number of unbranched alkanes of at least 4 members (excludes halogenated alkanes) is 1. The molecular formula is C26H34FN3O3. The molecule has 7 heteroatoms. The minimum atomic E-state index is -0.878. The van der Waals surface area contributed by atoms with Crippen LogP contribution in [-0.2, 0) is 17.6 Å². The Labute approximate surface area is 195 Å². The average Bonchev–Trinajstić information content (AvgIpc) is 2.78. The molecule has 2 aliphatic heterocycles. The van der Waals surface area contributed by atoms with Gasteiger partial charge in [0.1, 0.15) is 5.82 Å². The Hall–Kier alpha value is -2.67. The van der Waals surface area contributed by atoms with E-state index < -0.39 is 11.8 Å². The Morgan fingerprint density at radius 3 is 2.85 bits per heavy atom. The number of nitrogens with one attached hydrogen (secondary N) is 1. The zero-order chi connectivity index (χ0) is 23.4. The van der Waals surface area contributed by atoms with E-state index in [0.717, 1.165) is 63.3 Å². The molecule has 4 rings (SSSR count). The number of hydrogen-bond donors (Lipinski definition) is 2. The van der Waals surface area contributed by atoms with Crippen LogP contribution in [0.5, 0.6) is 5.75 Å². The van der Waals surface area contributed by atoms with E-state index in [1.165, 1.54) is 25.2 Å². The molecule has 1 fully saturated rings. The number of aromatic nitrogens is 1. The lowest BCUT2D eigenvalue weighted by molar-refractivity contribution is -0.140. The number of anilines is 1. The van der Waals surface area contributed by atoms with Crippen LogP contribution >= 0.6 is 0 Å². The monoisotopic (exact) mass is 455 g/mol. The van der Waals surface area contributed by atoms with Crippen LogP contribution in [0.3, 0.4) is 0 Å². The van der Waals surface area contributed by atoms with E-state index in [1.807, 2.05) is 0 Å². The lowest BCUT2D eigenvalue weighted by Crippen LogP contribution is -2.56. The van der Waals surface area contributed by atoms with Gasteiger partial charge in [-0.15, -0.1) is 0 Å². The van der Waals surface area contributed by atoms with Crippen LogP contribution in [0.2, 0.25) is 0 Å². The Morgan fingerprint density at radius 1 is 1.30 bits per heavy atom. The first-order valence-electron chi connectivity index (χ1n) is 11.9. The summed E-state index contributed by atoms with van der Waals surface area (Å²) in [5.74, 6) is -0.109. The standard InChI is InChI=1S/C26H34FN3O3/c1-26(12-4-3-7-20-10-8-18-6-5-13-28-25(18)29-20)16-30(17-26)22(15-24(31)32)19-9-11-23(33-2)21(27)14-19/h8-11,14,22H,3-7,12-13,15-17H2,1-2H3,(H,28,29)(H,31,32). The van der Waals surface area contributed by atoms with Crippen molar-refractivity contribution in [2.45, 2.75) is 57.9 Å². The molecule has 0 spiro atoms. The van der Waals surface area contributed by atoms with Gasteiger partial charge in [-0.2, -0.15) is 0 Å². The largest absolute Gasteiger partial charge is 0.494 e. The maximum atomic E-state index is 14.2. The summed E-state index contributed by atoms with van der Waals surface area (Å²) in [6, 6.07) is 8.78. The molecule has 1 atom stereocenters. The van der Waals surface area contributed by atoms with Crippen molar-refractivity contribution in [2.75, 3.05) is 32.1 Å². The van der Waals surface area contributed by atoms with Crippen molar-refractivity contribution >= 4 is 11.8 Å². The molecule has 2 aliphatic rings. The van der Waals surface area contributed by atoms with E-state index in [0.29, 0.717) is 5.56 Å². The summed E-state index contributed by atoms with van der Waals surface area (Å²) in [6.07, 6.45) is 6.49. The smallest absolute Gasteiger partial charge is 0.305 e. The molecule has 3 heterocycles. The number of benzene rings is 1. The van der Waals surface area contributed by atoms with Crippen LogP contribution in [0.25, 0.3) is 0 Å². The fraction of sp³-hybridized carbons (Fsp3) is 0.538. The number of methoxy groups -OCH3 is 1. The van der Waals surface area contributed by atoms with E-state index in [9.17, 15) is 14.3 Å². The number of carboxylic acids is 1. The van der Waals surface area contributed by atoms with Crippen LogP contribution in [0, 0.1) is 11.2 Å². The van der Waals surface area contributed by atoms with Crippen LogP contribution in [0.15, 0.2) is 30.3 Å². The predicted octanol–water partition coefficient (Wildman–Crippen LogP) is 4.84. The summed E-state index contributed by atoms with van der Waals surface area (Å²) in [5, 5.41) is 12.8.